The molecule has 0 spiro atoms. The maximum atomic E-state index is 6.22. The van der Waals surface area contributed by atoms with Gasteiger partial charge in [-0.1, -0.05) is 6.54 Å². The third kappa shape index (κ3) is 11.3. The number of hydrogen-bond donors (Lipinski definition) is 0. The Hall–Kier alpha value is 0.962. The molecule has 0 aliphatic rings. The standard InChI is InChI=1S/C3H4N.Ac/c1-2-3-4;/h1,4H,3H2;/q-1;. The second kappa shape index (κ2) is 8.88. The normalized spacial score (nSPS) is 4.00. The molecule has 0 aliphatic heterocycles. The maximum Gasteiger partial charge on any atom is 0 e. The number of rotatable bonds is 0. The van der Waals surface area contributed by atoms with Crippen LogP contribution < -0.4 is 0 Å². The Morgan fingerprint density at radius 2 is 2.00 bits per heavy atom. The van der Waals surface area contributed by atoms with Crippen molar-refractivity contribution in [3.05, 3.63) is 5.73 Å². The van der Waals surface area contributed by atoms with Gasteiger partial charge >= 0.3 is 0 Å². The molecule has 5 heavy (non-hydrogen) atoms. The van der Waals surface area contributed by atoms with E-state index in [9.17, 15) is 0 Å². The van der Waals surface area contributed by atoms with Crippen LogP contribution in [0.25, 0.3) is 5.73 Å². The molecule has 2 heteroatoms. The van der Waals surface area contributed by atoms with Crippen molar-refractivity contribution in [3.63, 3.8) is 0 Å². The number of terminal acetylenes is 1. The Bertz CT molecular complexity index is 36.6. The molecule has 1 radical (unpaired) electrons. The van der Waals surface area contributed by atoms with Gasteiger partial charge in [-0.3, -0.25) is 0 Å². The summed E-state index contributed by atoms with van der Waals surface area (Å²) < 4.78 is 0. The zero-order valence-corrected chi connectivity index (χ0v) is 7.61. The van der Waals surface area contributed by atoms with Gasteiger partial charge in [0.1, 0.15) is 0 Å². The smallest absolute Gasteiger partial charge is 0 e. The fourth-order valence-electron chi connectivity index (χ4n) is 0. The molecule has 0 amide bonds. The Balaban J connectivity index is 0. The van der Waals surface area contributed by atoms with Crippen LogP contribution in [0.1, 0.15) is 0 Å². The van der Waals surface area contributed by atoms with Crippen molar-refractivity contribution in [1.29, 1.82) is 0 Å². The van der Waals surface area contributed by atoms with E-state index in [4.69, 9.17) is 5.73 Å². The summed E-state index contributed by atoms with van der Waals surface area (Å²) in [6, 6.07) is 0. The van der Waals surface area contributed by atoms with Crippen molar-refractivity contribution in [3.8, 4) is 12.3 Å². The van der Waals surface area contributed by atoms with Crippen molar-refractivity contribution < 1.29 is 44.1 Å². The Labute approximate surface area is 67.9 Å². The molecule has 0 heterocycles. The van der Waals surface area contributed by atoms with Crippen LogP contribution in [0.15, 0.2) is 0 Å². The SMILES string of the molecule is C#CC[NH-].[Ac]. The average molecular weight is 281 g/mol. The first-order valence-corrected chi connectivity index (χ1v) is 0.996. The molecule has 0 saturated heterocycles. The van der Waals surface area contributed by atoms with E-state index in [0.717, 1.165) is 0 Å². The molecule has 0 aliphatic carbocycles. The van der Waals surface area contributed by atoms with Crippen LogP contribution in [-0.4, -0.2) is 6.54 Å². The van der Waals surface area contributed by atoms with E-state index >= 15 is 0 Å². The summed E-state index contributed by atoms with van der Waals surface area (Å²) in [6.45, 7) is 0.0972. The van der Waals surface area contributed by atoms with Crippen LogP contribution in [0.2, 0.25) is 0 Å². The van der Waals surface area contributed by atoms with Gasteiger partial charge in [-0.2, -0.15) is 0 Å². The second-order valence-electron chi connectivity index (χ2n) is 0.381. The van der Waals surface area contributed by atoms with Gasteiger partial charge in [0, 0.05) is 44.1 Å². The number of hydrogen-bond acceptors (Lipinski definition) is 0. The van der Waals surface area contributed by atoms with Gasteiger partial charge in [-0.05, 0) is 0 Å². The van der Waals surface area contributed by atoms with Gasteiger partial charge in [0.2, 0.25) is 0 Å². The minimum atomic E-state index is 0. The monoisotopic (exact) mass is 281 g/mol. The third-order valence-electron chi connectivity index (χ3n) is 0.102. The predicted octanol–water partition coefficient (Wildman–Crippen LogP) is 0.672. The van der Waals surface area contributed by atoms with E-state index < -0.39 is 0 Å². The van der Waals surface area contributed by atoms with Crippen molar-refractivity contribution in [2.75, 3.05) is 6.54 Å². The van der Waals surface area contributed by atoms with E-state index in [0.29, 0.717) is 0 Å². The first-order valence-electron chi connectivity index (χ1n) is 0.996. The molecule has 1 N–H and O–H groups in total. The Morgan fingerprint density at radius 3 is 2.00 bits per heavy atom. The average Bonchev–Trinajstić information content (AvgIpc) is 1.37. The topological polar surface area (TPSA) is 23.8 Å². The molecule has 1 nitrogen and oxygen atoms in total. The predicted molar refractivity (Wildman–Crippen MR) is 18.0 cm³/mol. The van der Waals surface area contributed by atoms with Crippen LogP contribution >= 0.6 is 0 Å². The zero-order valence-electron chi connectivity index (χ0n) is 2.86. The zero-order chi connectivity index (χ0) is 3.41. The molecule has 0 saturated carbocycles. The van der Waals surface area contributed by atoms with Crippen LogP contribution in [0, 0.1) is 56.4 Å². The van der Waals surface area contributed by atoms with Gasteiger partial charge < -0.3 is 5.73 Å². The minimum absolute atomic E-state index is 0. The Morgan fingerprint density at radius 1 is 1.80 bits per heavy atom. The van der Waals surface area contributed by atoms with E-state index in [1.807, 2.05) is 0 Å². The molecule has 0 bridgehead atoms. The summed E-state index contributed by atoms with van der Waals surface area (Å²) in [7, 11) is 0. The fourth-order valence-corrected chi connectivity index (χ4v) is 0. The van der Waals surface area contributed by atoms with Crippen molar-refractivity contribution >= 4 is 0 Å². The third-order valence-corrected chi connectivity index (χ3v) is 0.102. The van der Waals surface area contributed by atoms with Gasteiger partial charge in [-0.15, -0.1) is 12.3 Å². The minimum Gasteiger partial charge on any atom is -0.667 e. The quantitative estimate of drug-likeness (QED) is 0.583. The van der Waals surface area contributed by atoms with E-state index in [2.05, 4.69) is 12.3 Å². The molecule has 0 rings (SSSR count). The summed E-state index contributed by atoms with van der Waals surface area (Å²) >= 11 is 0. The summed E-state index contributed by atoms with van der Waals surface area (Å²) in [5, 5.41) is 0. The molecule has 0 aromatic carbocycles. The van der Waals surface area contributed by atoms with Crippen LogP contribution in [0.5, 0.6) is 0 Å². The van der Waals surface area contributed by atoms with Crippen molar-refractivity contribution in [2.45, 2.75) is 0 Å². The molecular formula is C3H4AcN-. The summed E-state index contributed by atoms with van der Waals surface area (Å²) in [6.07, 6.45) is 4.59. The molecule has 0 fully saturated rings. The van der Waals surface area contributed by atoms with E-state index in [1.54, 1.807) is 0 Å². The van der Waals surface area contributed by atoms with Crippen LogP contribution in [0.3, 0.4) is 0 Å². The Kier molecular flexibility index (Phi) is 16.6. The first-order chi connectivity index (χ1) is 1.91. The molecule has 25 valence electrons. The summed E-state index contributed by atoms with van der Waals surface area (Å²) in [5.74, 6) is 2.10. The largest absolute Gasteiger partial charge is 0.667 e. The molecule has 0 aromatic heterocycles. The molecular weight excluding hydrogens is 277 g/mol. The number of nitrogens with one attached hydrogen (secondary N) is 1. The fraction of sp³-hybridized carbons (Fsp3) is 0.333. The van der Waals surface area contributed by atoms with Gasteiger partial charge in [0.05, 0.1) is 0 Å². The van der Waals surface area contributed by atoms with Gasteiger partial charge in [0.15, 0.2) is 0 Å². The summed E-state index contributed by atoms with van der Waals surface area (Å²) in [5.41, 5.74) is 6.22. The first kappa shape index (κ1) is 9.35. The van der Waals surface area contributed by atoms with Crippen molar-refractivity contribution in [2.24, 2.45) is 0 Å². The van der Waals surface area contributed by atoms with Gasteiger partial charge in [0.25, 0.3) is 0 Å². The molecule has 0 unspecified atom stereocenters. The summed E-state index contributed by atoms with van der Waals surface area (Å²) in [4.78, 5) is 0. The molecule has 0 aromatic rings. The van der Waals surface area contributed by atoms with Gasteiger partial charge in [-0.25, -0.2) is 0 Å². The second-order valence-corrected chi connectivity index (χ2v) is 0.381. The van der Waals surface area contributed by atoms with E-state index in [1.165, 1.54) is 0 Å². The molecule has 0 atom stereocenters. The van der Waals surface area contributed by atoms with Crippen LogP contribution in [-0.2, 0) is 0 Å². The van der Waals surface area contributed by atoms with E-state index in [-0.39, 0.29) is 50.6 Å². The van der Waals surface area contributed by atoms with Crippen LogP contribution in [0.4, 0.5) is 0 Å². The maximum absolute atomic E-state index is 6.22. The van der Waals surface area contributed by atoms with Crippen molar-refractivity contribution in [1.82, 2.24) is 0 Å².